The van der Waals surface area contributed by atoms with Crippen LogP contribution < -0.4 is 16.0 Å². The molecule has 298 valence electrons. The van der Waals surface area contributed by atoms with Crippen LogP contribution in [0.3, 0.4) is 0 Å². The van der Waals surface area contributed by atoms with Crippen molar-refractivity contribution in [3.05, 3.63) is 60.2 Å². The van der Waals surface area contributed by atoms with Crippen molar-refractivity contribution in [1.29, 1.82) is 0 Å². The van der Waals surface area contributed by atoms with Crippen LogP contribution >= 0.6 is 56.8 Å². The number of thioether (sulfide) groups is 1. The molecule has 0 spiro atoms. The lowest BCUT2D eigenvalue weighted by atomic mass is 10.0. The number of carbonyl (C=O) groups is 2. The summed E-state index contributed by atoms with van der Waals surface area (Å²) in [7, 11) is -13.7. The van der Waals surface area contributed by atoms with E-state index in [1.807, 2.05) is 80.2 Å². The molecule has 17 nitrogen and oxygen atoms in total. The van der Waals surface area contributed by atoms with Gasteiger partial charge in [-0.25, -0.2) is 18.5 Å². The number of phosphoric acid groups is 3. The first-order valence-electron chi connectivity index (χ1n) is 16.6. The van der Waals surface area contributed by atoms with E-state index in [-0.39, 0.29) is 34.7 Å². The second kappa shape index (κ2) is 20.3. The lowest BCUT2D eigenvalue weighted by Gasteiger charge is -2.25. The number of phosphoric ester groups is 1. The molecule has 5 unspecified atom stereocenters. The Labute approximate surface area is 320 Å². The molecule has 0 aromatic heterocycles. The molecule has 3 fully saturated rings. The highest BCUT2D eigenvalue weighted by atomic mass is 33.1. The first-order chi connectivity index (χ1) is 24.9. The van der Waals surface area contributed by atoms with Crippen molar-refractivity contribution >= 4 is 68.8 Å². The van der Waals surface area contributed by atoms with Crippen LogP contribution in [-0.4, -0.2) is 90.6 Å². The van der Waals surface area contributed by atoms with Gasteiger partial charge < -0.3 is 45.0 Å². The highest BCUT2D eigenvalue weighted by Crippen LogP contribution is 2.66. The van der Waals surface area contributed by atoms with Crippen LogP contribution in [0, 0.1) is 0 Å². The van der Waals surface area contributed by atoms with Crippen LogP contribution in [0.5, 0.6) is 0 Å². The highest BCUT2D eigenvalue weighted by Gasteiger charge is 2.44. The van der Waals surface area contributed by atoms with Crippen molar-refractivity contribution in [1.82, 2.24) is 16.0 Å². The molecule has 3 aliphatic heterocycles. The Kier molecular flexibility index (Phi) is 17.1. The van der Waals surface area contributed by atoms with Crippen LogP contribution in [0.4, 0.5) is 4.79 Å². The zero-order valence-electron chi connectivity index (χ0n) is 29.0. The average Bonchev–Trinajstić information content (AvgIpc) is 3.74. The van der Waals surface area contributed by atoms with Gasteiger partial charge in [-0.2, -0.15) is 20.4 Å². The maximum absolute atomic E-state index is 12.6. The van der Waals surface area contributed by atoms with Crippen molar-refractivity contribution in [3.8, 4) is 0 Å². The van der Waals surface area contributed by atoms with E-state index in [0.29, 0.717) is 24.6 Å². The third kappa shape index (κ3) is 16.1. The van der Waals surface area contributed by atoms with E-state index in [1.165, 1.54) is 21.6 Å². The van der Waals surface area contributed by atoms with Crippen molar-refractivity contribution in [3.63, 3.8) is 0 Å². The predicted molar refractivity (Wildman–Crippen MR) is 202 cm³/mol. The molecular weight excluding hydrogens is 815 g/mol. The summed E-state index contributed by atoms with van der Waals surface area (Å²) in [5.41, 5.74) is 0.764. The minimum absolute atomic E-state index is 0.0362. The summed E-state index contributed by atoms with van der Waals surface area (Å²) in [5.74, 6) is 1.03. The van der Waals surface area contributed by atoms with Crippen LogP contribution in [0.25, 0.3) is 0 Å². The fourth-order valence-corrected chi connectivity index (χ4v) is 12.4. The quantitative estimate of drug-likeness (QED) is 0.0288. The summed E-state index contributed by atoms with van der Waals surface area (Å²) in [6.07, 6.45) is 1.12. The Balaban J connectivity index is 1.24. The number of rotatable bonds is 20. The highest BCUT2D eigenvalue weighted by molar-refractivity contribution is 8.77. The van der Waals surface area contributed by atoms with Crippen LogP contribution in [-0.2, 0) is 41.1 Å². The molecule has 3 heterocycles. The minimum atomic E-state index is -5.69. The number of ether oxygens (including phenoxy) is 2. The van der Waals surface area contributed by atoms with E-state index in [2.05, 4.69) is 24.6 Å². The van der Waals surface area contributed by atoms with Crippen molar-refractivity contribution in [2.75, 3.05) is 24.8 Å². The van der Waals surface area contributed by atoms with Crippen molar-refractivity contribution < 1.29 is 65.5 Å². The predicted octanol–water partition coefficient (Wildman–Crippen LogP) is 5.33. The number of nitrogens with one attached hydrogen (secondary N) is 3. The molecule has 1 aromatic rings. The number of amides is 3. The Morgan fingerprint density at radius 3 is 2.36 bits per heavy atom. The van der Waals surface area contributed by atoms with Gasteiger partial charge in [-0.15, -0.1) is 0 Å². The average molecular weight is 862 g/mol. The summed E-state index contributed by atoms with van der Waals surface area (Å²) in [5, 5.41) is 9.28. The molecule has 0 bridgehead atoms. The van der Waals surface area contributed by atoms with Gasteiger partial charge in [0, 0.05) is 35.1 Å². The molecule has 0 radical (unpaired) electrons. The summed E-state index contributed by atoms with van der Waals surface area (Å²) in [4.78, 5) is 61.3. The zero-order chi connectivity index (χ0) is 38.7. The van der Waals surface area contributed by atoms with E-state index in [9.17, 15) is 33.1 Å². The van der Waals surface area contributed by atoms with Crippen LogP contribution in [0.2, 0.25) is 0 Å². The Bertz CT molecular complexity index is 1580. The normalized spacial score (nSPS) is 26.4. The SMILES string of the molecule is CC(C)(CNC(=O)CCCCC1SCC2NC(=O)NC21)SSCO[C@@H]1C[C@H](c2ccccccccc2)O[C@@H]1COP(=O)(O)OP(=O)(O)OP(=O)(O)O. The van der Waals surface area contributed by atoms with Crippen LogP contribution in [0.15, 0.2) is 54.6 Å². The smallest absolute Gasteiger partial charge is 0.365 e. The molecule has 0 saturated carbocycles. The molecule has 0 aliphatic carbocycles. The maximum Gasteiger partial charge on any atom is 0.490 e. The van der Waals surface area contributed by atoms with Gasteiger partial charge >= 0.3 is 29.5 Å². The van der Waals surface area contributed by atoms with Gasteiger partial charge in [-0.3, -0.25) is 9.32 Å². The lowest BCUT2D eigenvalue weighted by molar-refractivity contribution is -0.121. The molecular formula is C30H46N3O14P3S3. The van der Waals surface area contributed by atoms with Gasteiger partial charge in [0.15, 0.2) is 0 Å². The number of hydrogen-bond donors (Lipinski definition) is 7. The van der Waals surface area contributed by atoms with Gasteiger partial charge in [0.1, 0.15) is 12.0 Å². The molecule has 3 aliphatic rings. The fourth-order valence-electron chi connectivity index (χ4n) is 5.65. The first kappa shape index (κ1) is 44.5. The zero-order valence-corrected chi connectivity index (χ0v) is 34.1. The molecule has 8 atom stereocenters. The topological polar surface area (TPSA) is 249 Å². The van der Waals surface area contributed by atoms with Gasteiger partial charge in [-0.1, -0.05) is 82.6 Å². The summed E-state index contributed by atoms with van der Waals surface area (Å²) < 4.78 is 59.6. The Morgan fingerprint density at radius 2 is 1.68 bits per heavy atom. The third-order valence-corrected chi connectivity index (χ3v) is 16.3. The first-order valence-corrected chi connectivity index (χ1v) is 24.5. The van der Waals surface area contributed by atoms with Gasteiger partial charge in [0.25, 0.3) is 0 Å². The number of fused-ring (bicyclic) bond motifs is 1. The third-order valence-electron chi connectivity index (χ3n) is 8.04. The second-order valence-corrected chi connectivity index (χ2v) is 21.5. The van der Waals surface area contributed by atoms with E-state index in [1.54, 1.807) is 0 Å². The summed E-state index contributed by atoms with van der Waals surface area (Å²) >= 11 is 1.85. The van der Waals surface area contributed by atoms with E-state index in [0.717, 1.165) is 30.6 Å². The number of carbonyl (C=O) groups excluding carboxylic acids is 2. The molecule has 3 saturated heterocycles. The molecule has 3 amide bonds. The number of hydrogen-bond acceptors (Lipinski definition) is 13. The van der Waals surface area contributed by atoms with Crippen LogP contribution in [0.1, 0.15) is 57.6 Å². The molecule has 53 heavy (non-hydrogen) atoms. The Hall–Kier alpha value is -1.18. The standard InChI is InChI=1S/C30H46N3O14P3S3/c1-30(2,19-31-27(34)15-11-10-14-26-28-22(18-51-26)32-29(35)33-28)53-52-20-43-24-16-23(21-12-8-6-4-3-5-7-9-13-21)45-25(24)17-44-49(39,40)47-50(41,42)46-48(36,37)38/h3-9,12-13,22-26,28H,10-11,14-20H2,1-2H3,(H,31,34)(H,39,40)(H,41,42)(H2,32,33,35)(H2,36,37,38)/t22?,23-,24-,25-,26?,28?/m1/s1. The van der Waals surface area contributed by atoms with Gasteiger partial charge in [0.05, 0.1) is 30.9 Å². The fraction of sp³-hybridized carbons (Fsp3) is 0.600. The van der Waals surface area contributed by atoms with E-state index in [4.69, 9.17) is 23.8 Å². The summed E-state index contributed by atoms with van der Waals surface area (Å²) in [6, 6.07) is 16.8. The lowest BCUT2D eigenvalue weighted by Crippen LogP contribution is -2.37. The molecule has 1 aromatic carbocycles. The maximum atomic E-state index is 12.6. The molecule has 4 rings (SSSR count). The monoisotopic (exact) mass is 861 g/mol. The molecule has 23 heteroatoms. The largest absolute Gasteiger partial charge is 0.490 e. The van der Waals surface area contributed by atoms with Gasteiger partial charge in [0.2, 0.25) is 5.91 Å². The van der Waals surface area contributed by atoms with E-state index >= 15 is 0 Å². The van der Waals surface area contributed by atoms with Crippen molar-refractivity contribution in [2.45, 2.75) is 86.3 Å². The second-order valence-electron chi connectivity index (χ2n) is 12.9. The van der Waals surface area contributed by atoms with Crippen molar-refractivity contribution in [2.24, 2.45) is 0 Å². The van der Waals surface area contributed by atoms with Gasteiger partial charge in [-0.05, 0) is 32.3 Å². The number of unbranched alkanes of at least 4 members (excludes halogenated alkanes) is 1. The van der Waals surface area contributed by atoms with E-state index < -0.39 is 48.4 Å². The molecule has 7 N–H and O–H groups in total. The Morgan fingerprint density at radius 1 is 1.00 bits per heavy atom. The summed E-state index contributed by atoms with van der Waals surface area (Å²) in [6.45, 7) is 3.73. The minimum Gasteiger partial charge on any atom is -0.365 e. The number of urea groups is 1.